The molecule has 0 bridgehead atoms. The average molecular weight is 225 g/mol. The molecule has 1 fully saturated rings. The first-order valence-corrected chi connectivity index (χ1v) is 6.11. The van der Waals surface area contributed by atoms with E-state index in [1.807, 2.05) is 0 Å². The lowest BCUT2D eigenvalue weighted by Crippen LogP contribution is -2.33. The van der Waals surface area contributed by atoms with Crippen molar-refractivity contribution < 1.29 is 9.53 Å². The predicted molar refractivity (Wildman–Crippen MR) is 65.2 cm³/mol. The third kappa shape index (κ3) is 4.35. The second-order valence-electron chi connectivity index (χ2n) is 4.58. The Bertz CT molecular complexity index is 242. The van der Waals surface area contributed by atoms with Gasteiger partial charge in [-0.1, -0.05) is 19.1 Å². The quantitative estimate of drug-likeness (QED) is 0.531. The molecule has 0 atom stereocenters. The van der Waals surface area contributed by atoms with Crippen molar-refractivity contribution in [3.63, 3.8) is 0 Å². The SMILES string of the molecule is C=C(CC(=O)OC)CC1CCN(CC)CC1. The predicted octanol–water partition coefficient (Wildman–Crippen LogP) is 2.23. The van der Waals surface area contributed by atoms with E-state index in [9.17, 15) is 4.79 Å². The lowest BCUT2D eigenvalue weighted by Gasteiger charge is -2.31. The third-order valence-electron chi connectivity index (χ3n) is 3.35. The van der Waals surface area contributed by atoms with Crippen LogP contribution < -0.4 is 0 Å². The number of esters is 1. The van der Waals surface area contributed by atoms with Crippen LogP contribution in [0.3, 0.4) is 0 Å². The van der Waals surface area contributed by atoms with Crippen molar-refractivity contribution >= 4 is 5.97 Å². The van der Waals surface area contributed by atoms with Crippen LogP contribution in [0.25, 0.3) is 0 Å². The van der Waals surface area contributed by atoms with Gasteiger partial charge in [0.25, 0.3) is 0 Å². The number of likely N-dealkylation sites (tertiary alicyclic amines) is 1. The summed E-state index contributed by atoms with van der Waals surface area (Å²) in [7, 11) is 1.43. The molecule has 0 aromatic heterocycles. The Morgan fingerprint density at radius 1 is 1.44 bits per heavy atom. The van der Waals surface area contributed by atoms with Gasteiger partial charge in [0.2, 0.25) is 0 Å². The largest absolute Gasteiger partial charge is 0.469 e. The number of carbonyl (C=O) groups excluding carboxylic acids is 1. The first-order valence-electron chi connectivity index (χ1n) is 6.11. The molecule has 1 aliphatic rings. The highest BCUT2D eigenvalue weighted by molar-refractivity contribution is 5.72. The van der Waals surface area contributed by atoms with E-state index in [0.29, 0.717) is 12.3 Å². The van der Waals surface area contributed by atoms with Gasteiger partial charge in [0.1, 0.15) is 0 Å². The van der Waals surface area contributed by atoms with Crippen LogP contribution in [0.5, 0.6) is 0 Å². The van der Waals surface area contributed by atoms with Gasteiger partial charge in [-0.25, -0.2) is 0 Å². The Balaban J connectivity index is 2.23. The van der Waals surface area contributed by atoms with Gasteiger partial charge in [0.15, 0.2) is 0 Å². The highest BCUT2D eigenvalue weighted by Crippen LogP contribution is 2.24. The number of carbonyl (C=O) groups is 1. The summed E-state index contributed by atoms with van der Waals surface area (Å²) in [5, 5.41) is 0. The fourth-order valence-electron chi connectivity index (χ4n) is 2.26. The molecule has 92 valence electrons. The van der Waals surface area contributed by atoms with Gasteiger partial charge < -0.3 is 9.64 Å². The molecule has 0 radical (unpaired) electrons. The number of hydrogen-bond donors (Lipinski definition) is 0. The lowest BCUT2D eigenvalue weighted by atomic mass is 9.89. The van der Waals surface area contributed by atoms with Gasteiger partial charge in [-0.3, -0.25) is 4.79 Å². The Morgan fingerprint density at radius 2 is 2.06 bits per heavy atom. The van der Waals surface area contributed by atoms with E-state index >= 15 is 0 Å². The summed E-state index contributed by atoms with van der Waals surface area (Å²) in [6, 6.07) is 0. The Morgan fingerprint density at radius 3 is 2.56 bits per heavy atom. The number of rotatable bonds is 5. The third-order valence-corrected chi connectivity index (χ3v) is 3.35. The molecule has 1 saturated heterocycles. The zero-order chi connectivity index (χ0) is 12.0. The zero-order valence-electron chi connectivity index (χ0n) is 10.5. The van der Waals surface area contributed by atoms with E-state index in [4.69, 9.17) is 0 Å². The normalized spacial score (nSPS) is 18.4. The number of nitrogens with zero attached hydrogens (tertiary/aromatic N) is 1. The second kappa shape index (κ2) is 6.69. The number of ether oxygens (including phenoxy) is 1. The number of methoxy groups -OCH3 is 1. The standard InChI is InChI=1S/C13H23NO2/c1-4-14-7-5-12(6-8-14)9-11(2)10-13(15)16-3/h12H,2,4-10H2,1,3H3. The van der Waals surface area contributed by atoms with E-state index in [2.05, 4.69) is 23.1 Å². The van der Waals surface area contributed by atoms with E-state index in [1.54, 1.807) is 0 Å². The van der Waals surface area contributed by atoms with Gasteiger partial charge in [0.05, 0.1) is 13.5 Å². The van der Waals surface area contributed by atoms with E-state index in [0.717, 1.165) is 18.5 Å². The average Bonchev–Trinajstić information content (AvgIpc) is 2.29. The van der Waals surface area contributed by atoms with Gasteiger partial charge in [-0.05, 0) is 44.8 Å². The van der Waals surface area contributed by atoms with Crippen LogP contribution in [0.2, 0.25) is 0 Å². The number of piperidine rings is 1. The molecule has 0 unspecified atom stereocenters. The van der Waals surface area contributed by atoms with Crippen LogP contribution >= 0.6 is 0 Å². The monoisotopic (exact) mass is 225 g/mol. The molecule has 3 nitrogen and oxygen atoms in total. The molecule has 3 heteroatoms. The van der Waals surface area contributed by atoms with Crippen LogP contribution in [-0.4, -0.2) is 37.6 Å². The van der Waals surface area contributed by atoms with Crippen LogP contribution in [-0.2, 0) is 9.53 Å². The van der Waals surface area contributed by atoms with Crippen molar-refractivity contribution in [3.05, 3.63) is 12.2 Å². The van der Waals surface area contributed by atoms with Crippen molar-refractivity contribution in [1.82, 2.24) is 4.90 Å². The molecule has 0 aromatic rings. The minimum Gasteiger partial charge on any atom is -0.469 e. The molecule has 1 rings (SSSR count). The van der Waals surface area contributed by atoms with Crippen LogP contribution in [0.4, 0.5) is 0 Å². The molecule has 0 spiro atoms. The highest BCUT2D eigenvalue weighted by atomic mass is 16.5. The molecule has 0 saturated carbocycles. The Hall–Kier alpha value is -0.830. The summed E-state index contributed by atoms with van der Waals surface area (Å²) >= 11 is 0. The minimum atomic E-state index is -0.170. The Kier molecular flexibility index (Phi) is 5.53. The van der Waals surface area contributed by atoms with Crippen molar-refractivity contribution in [2.75, 3.05) is 26.7 Å². The molecule has 16 heavy (non-hydrogen) atoms. The summed E-state index contributed by atoms with van der Waals surface area (Å²) in [6.07, 6.45) is 3.82. The summed E-state index contributed by atoms with van der Waals surface area (Å²) in [5.41, 5.74) is 1.02. The molecule has 0 aliphatic carbocycles. The van der Waals surface area contributed by atoms with E-state index in [1.165, 1.54) is 33.0 Å². The maximum Gasteiger partial charge on any atom is 0.309 e. The zero-order valence-corrected chi connectivity index (χ0v) is 10.5. The fourth-order valence-corrected chi connectivity index (χ4v) is 2.26. The second-order valence-corrected chi connectivity index (χ2v) is 4.58. The van der Waals surface area contributed by atoms with E-state index < -0.39 is 0 Å². The minimum absolute atomic E-state index is 0.170. The topological polar surface area (TPSA) is 29.5 Å². The first-order chi connectivity index (χ1) is 7.65. The smallest absolute Gasteiger partial charge is 0.309 e. The van der Waals surface area contributed by atoms with Crippen molar-refractivity contribution in [2.24, 2.45) is 5.92 Å². The summed E-state index contributed by atoms with van der Waals surface area (Å²) < 4.78 is 4.64. The summed E-state index contributed by atoms with van der Waals surface area (Å²) in [4.78, 5) is 13.5. The molecular formula is C13H23NO2. The van der Waals surface area contributed by atoms with Gasteiger partial charge in [-0.15, -0.1) is 0 Å². The van der Waals surface area contributed by atoms with Gasteiger partial charge in [-0.2, -0.15) is 0 Å². The lowest BCUT2D eigenvalue weighted by molar-refractivity contribution is -0.139. The molecular weight excluding hydrogens is 202 g/mol. The summed E-state index contributed by atoms with van der Waals surface area (Å²) in [6.45, 7) is 9.69. The van der Waals surface area contributed by atoms with Gasteiger partial charge >= 0.3 is 5.97 Å². The molecule has 1 aliphatic heterocycles. The maximum atomic E-state index is 11.1. The molecule has 1 heterocycles. The molecule has 0 N–H and O–H groups in total. The van der Waals surface area contributed by atoms with Crippen molar-refractivity contribution in [3.8, 4) is 0 Å². The van der Waals surface area contributed by atoms with Crippen molar-refractivity contribution in [1.29, 1.82) is 0 Å². The van der Waals surface area contributed by atoms with Crippen molar-refractivity contribution in [2.45, 2.75) is 32.6 Å². The van der Waals surface area contributed by atoms with Crippen LogP contribution in [0.1, 0.15) is 32.6 Å². The van der Waals surface area contributed by atoms with Gasteiger partial charge in [0, 0.05) is 0 Å². The fraction of sp³-hybridized carbons (Fsp3) is 0.769. The summed E-state index contributed by atoms with van der Waals surface area (Å²) in [5.74, 6) is 0.538. The maximum absolute atomic E-state index is 11.1. The van der Waals surface area contributed by atoms with Crippen LogP contribution in [0, 0.1) is 5.92 Å². The number of hydrogen-bond acceptors (Lipinski definition) is 3. The highest BCUT2D eigenvalue weighted by Gasteiger charge is 2.19. The molecule has 0 aromatic carbocycles. The Labute approximate surface area is 98.5 Å². The van der Waals surface area contributed by atoms with Crippen LogP contribution in [0.15, 0.2) is 12.2 Å². The van der Waals surface area contributed by atoms with E-state index in [-0.39, 0.29) is 5.97 Å². The first kappa shape index (κ1) is 13.2. The molecule has 0 amide bonds.